The van der Waals surface area contributed by atoms with Crippen molar-refractivity contribution in [2.24, 2.45) is 5.92 Å². The van der Waals surface area contributed by atoms with E-state index in [2.05, 4.69) is 20.8 Å². The molecule has 6 heteroatoms. The summed E-state index contributed by atoms with van der Waals surface area (Å²) < 4.78 is 0. The van der Waals surface area contributed by atoms with Crippen LogP contribution in [0.15, 0.2) is 0 Å². The Bertz CT molecular complexity index is 82.3. The van der Waals surface area contributed by atoms with Crippen molar-refractivity contribution in [3.63, 3.8) is 0 Å². The molecule has 16 heavy (non-hydrogen) atoms. The van der Waals surface area contributed by atoms with E-state index in [-0.39, 0.29) is 69.1 Å². The first-order chi connectivity index (χ1) is 5.97. The number of rotatable bonds is 0. The molecule has 0 aliphatic heterocycles. The first-order valence-electron chi connectivity index (χ1n) is 3.34. The zero-order valence-corrected chi connectivity index (χ0v) is 18.4. The van der Waals surface area contributed by atoms with Crippen molar-refractivity contribution in [1.82, 2.24) is 0 Å². The van der Waals surface area contributed by atoms with Crippen molar-refractivity contribution < 1.29 is 77.6 Å². The quantitative estimate of drug-likeness (QED) is 0.355. The summed E-state index contributed by atoms with van der Waals surface area (Å²) in [5.41, 5.74) is 0. The third kappa shape index (κ3) is 2580. The second-order valence-corrected chi connectivity index (χ2v) is 1.48. The van der Waals surface area contributed by atoms with Crippen LogP contribution in [0.3, 0.4) is 0 Å². The minimum Gasteiger partial charge on any atom is -0.542 e. The van der Waals surface area contributed by atoms with E-state index >= 15 is 0 Å². The topological polar surface area (TPSA) is 51.2 Å². The molecule has 0 amide bonds. The molecule has 0 aliphatic rings. The van der Waals surface area contributed by atoms with E-state index in [9.17, 15) is 0 Å². The van der Waals surface area contributed by atoms with Crippen molar-refractivity contribution in [3.8, 4) is 0 Å². The van der Waals surface area contributed by atoms with Crippen molar-refractivity contribution in [1.29, 1.82) is 0 Å². The maximum Gasteiger partial charge on any atom is 2.00 e. The summed E-state index contributed by atoms with van der Waals surface area (Å²) in [4.78, 5) is 26.0. The Morgan fingerprint density at radius 2 is 0.688 bits per heavy atom. The summed E-state index contributed by atoms with van der Waals surface area (Å²) in [6.07, 6.45) is 4.50. The summed E-state index contributed by atoms with van der Waals surface area (Å²) in [6.45, 7) is 14.2. The van der Waals surface area contributed by atoms with Gasteiger partial charge in [0.2, 0.25) is 0 Å². The van der Waals surface area contributed by atoms with Crippen molar-refractivity contribution >= 4 is 18.9 Å². The van der Waals surface area contributed by atoms with Crippen LogP contribution in [0.5, 0.6) is 0 Å². The summed E-state index contributed by atoms with van der Waals surface area (Å²) in [7, 11) is 0. The van der Waals surface area contributed by atoms with E-state index in [4.69, 9.17) is 14.4 Å². The standard InChI is InChI=1S/C4H7.3C2H3O.3W/c1-4(2)3;3*1-2-3;;;/h4H,1-3H2;3*1H3;;;/q-3;3*-1;3*+2. The van der Waals surface area contributed by atoms with Gasteiger partial charge in [-0.2, -0.15) is 20.8 Å². The van der Waals surface area contributed by atoms with Gasteiger partial charge < -0.3 is 41.1 Å². The molecule has 0 radical (unpaired) electrons. The van der Waals surface area contributed by atoms with E-state index in [0.29, 0.717) is 0 Å². The fourth-order valence-electron chi connectivity index (χ4n) is 0. The maximum atomic E-state index is 8.68. The van der Waals surface area contributed by atoms with Crippen LogP contribution < -0.4 is 0 Å². The van der Waals surface area contributed by atoms with Crippen LogP contribution >= 0.6 is 0 Å². The Labute approximate surface area is 143 Å². The first kappa shape index (κ1) is 43.5. The van der Waals surface area contributed by atoms with Crippen LogP contribution in [0.2, 0.25) is 0 Å². The molecule has 0 aromatic heterocycles. The van der Waals surface area contributed by atoms with E-state index in [1.54, 1.807) is 0 Å². The normalized spacial score (nSPS) is 4.69. The number of hydrogen-bond acceptors (Lipinski definition) is 3. The molecular weight excluding hydrogens is 720 g/mol. The predicted octanol–water partition coefficient (Wildman–Crippen LogP) is 1.45. The van der Waals surface area contributed by atoms with Gasteiger partial charge in [0, 0.05) is 0 Å². The van der Waals surface area contributed by atoms with Crippen LogP contribution in [-0.2, 0) is 77.6 Å². The van der Waals surface area contributed by atoms with Gasteiger partial charge in [0.1, 0.15) is 0 Å². The van der Waals surface area contributed by atoms with Crippen LogP contribution in [0.25, 0.3) is 0 Å². The third-order valence-corrected chi connectivity index (χ3v) is 0. The average Bonchev–Trinajstić information content (AvgIpc) is 1.88. The van der Waals surface area contributed by atoms with Gasteiger partial charge in [-0.15, -0.1) is 0 Å². The van der Waals surface area contributed by atoms with Crippen LogP contribution in [0.1, 0.15) is 20.8 Å². The zero-order chi connectivity index (χ0) is 11.7. The Kier molecular flexibility index (Phi) is 198. The molecule has 92 valence electrons. The molecule has 0 bridgehead atoms. The van der Waals surface area contributed by atoms with Crippen LogP contribution in [-0.4, -0.2) is 18.9 Å². The molecule has 0 saturated carbocycles. The van der Waals surface area contributed by atoms with Gasteiger partial charge in [-0.25, -0.2) is 0 Å². The van der Waals surface area contributed by atoms with Gasteiger partial charge in [0.15, 0.2) is 0 Å². The van der Waals surface area contributed by atoms with Gasteiger partial charge >= 0.3 is 63.2 Å². The Morgan fingerprint density at radius 1 is 0.688 bits per heavy atom. The van der Waals surface area contributed by atoms with E-state index in [1.165, 1.54) is 39.6 Å². The molecule has 0 rings (SSSR count). The molecule has 0 spiro atoms. The molecule has 0 N–H and O–H groups in total. The van der Waals surface area contributed by atoms with Crippen LogP contribution in [0, 0.1) is 26.7 Å². The second-order valence-electron chi connectivity index (χ2n) is 1.48. The van der Waals surface area contributed by atoms with Gasteiger partial charge in [-0.05, 0) is 0 Å². The van der Waals surface area contributed by atoms with Crippen molar-refractivity contribution in [2.45, 2.75) is 20.8 Å². The van der Waals surface area contributed by atoms with Gasteiger partial charge in [-0.3, -0.25) is 18.9 Å². The van der Waals surface area contributed by atoms with Gasteiger partial charge in [0.05, 0.1) is 0 Å². The maximum absolute atomic E-state index is 8.68. The summed E-state index contributed by atoms with van der Waals surface area (Å²) >= 11 is 0. The smallest absolute Gasteiger partial charge is 0.542 e. The van der Waals surface area contributed by atoms with Crippen molar-refractivity contribution in [2.75, 3.05) is 0 Å². The third-order valence-electron chi connectivity index (χ3n) is 0. The molecule has 0 aromatic carbocycles. The predicted molar refractivity (Wildman–Crippen MR) is 53.7 cm³/mol. The van der Waals surface area contributed by atoms with Crippen molar-refractivity contribution in [3.05, 3.63) is 20.8 Å². The second kappa shape index (κ2) is 73.0. The first-order valence-corrected chi connectivity index (χ1v) is 3.34. The van der Waals surface area contributed by atoms with Gasteiger partial charge in [0.25, 0.3) is 0 Å². The Hall–Kier alpha value is 1.07. The molecule has 0 heterocycles. The van der Waals surface area contributed by atoms with Gasteiger partial charge in [-0.1, -0.05) is 0 Å². The number of carbonyl (C=O) groups excluding carboxylic acids is 3. The summed E-state index contributed by atoms with van der Waals surface area (Å²) in [6, 6.07) is 0. The minimum atomic E-state index is 0. The fraction of sp³-hybridized carbons (Fsp3) is 0.400. The molecule has 0 saturated heterocycles. The Morgan fingerprint density at radius 3 is 0.688 bits per heavy atom. The largest absolute Gasteiger partial charge is 2.00 e. The van der Waals surface area contributed by atoms with E-state index in [1.807, 2.05) is 0 Å². The average molecular weight is 736 g/mol. The molecule has 0 unspecified atom stereocenters. The minimum absolute atomic E-state index is 0. The monoisotopic (exact) mass is 736 g/mol. The van der Waals surface area contributed by atoms with E-state index < -0.39 is 0 Å². The fourth-order valence-corrected chi connectivity index (χ4v) is 0. The molecule has 3 nitrogen and oxygen atoms in total. The summed E-state index contributed by atoms with van der Waals surface area (Å²) in [5.74, 6) is 0.0833. The zero-order valence-electron chi connectivity index (χ0n) is 9.65. The molecule has 0 fully saturated rings. The number of hydrogen-bond donors (Lipinski definition) is 0. The molecule has 0 aromatic rings. The summed E-state index contributed by atoms with van der Waals surface area (Å²) in [5, 5.41) is 0. The molecule has 0 atom stereocenters. The van der Waals surface area contributed by atoms with Crippen LogP contribution in [0.4, 0.5) is 0 Å². The SMILES string of the molecule is C[C-]=O.C[C-]=O.C[C-]=O.[CH2-]C([CH2-])[CH2-].[W+2].[W+2].[W+2]. The molecule has 0 aliphatic carbocycles. The molecular formula is C10H16O3W3. The Balaban J connectivity index is -0.0000000128. The van der Waals surface area contributed by atoms with E-state index in [0.717, 1.165) is 0 Å².